The molecule has 0 saturated carbocycles. The van der Waals surface area contributed by atoms with Crippen molar-refractivity contribution in [3.63, 3.8) is 0 Å². The third kappa shape index (κ3) is 3.67. The van der Waals surface area contributed by atoms with Crippen molar-refractivity contribution in [3.05, 3.63) is 54.1 Å². The number of hydrogen-bond acceptors (Lipinski definition) is 4. The van der Waals surface area contributed by atoms with E-state index in [-0.39, 0.29) is 11.9 Å². The highest BCUT2D eigenvalue weighted by Gasteiger charge is 2.29. The number of rotatable bonds is 5. The SMILES string of the molecule is CC(C)N1CCC(N(C)C(=O)Cc2cccc3oc(-c4ccccc4)nc23)C1. The number of carbonyl (C=O) groups is 1. The minimum atomic E-state index is 0.132. The number of para-hydroxylation sites is 1. The van der Waals surface area contributed by atoms with Gasteiger partial charge in [-0.15, -0.1) is 0 Å². The van der Waals surface area contributed by atoms with Crippen molar-refractivity contribution in [2.45, 2.75) is 38.8 Å². The number of hydrogen-bond donors (Lipinski definition) is 0. The van der Waals surface area contributed by atoms with E-state index in [1.165, 1.54) is 0 Å². The Hall–Kier alpha value is -2.66. The maximum atomic E-state index is 12.9. The number of oxazole rings is 1. The fourth-order valence-electron chi connectivity index (χ4n) is 3.90. The highest BCUT2D eigenvalue weighted by atomic mass is 16.3. The van der Waals surface area contributed by atoms with Crippen molar-refractivity contribution in [3.8, 4) is 11.5 Å². The standard InChI is InChI=1S/C23H27N3O2/c1-16(2)26-13-12-19(15-26)25(3)21(27)14-18-10-7-11-20-22(18)24-23(28-20)17-8-5-4-6-9-17/h4-11,16,19H,12-15H2,1-3H3. The van der Waals surface area contributed by atoms with Crippen LogP contribution in [-0.2, 0) is 11.2 Å². The van der Waals surface area contributed by atoms with Crippen LogP contribution in [0.1, 0.15) is 25.8 Å². The number of nitrogens with zero attached hydrogens (tertiary/aromatic N) is 3. The molecular formula is C23H27N3O2. The number of aromatic nitrogens is 1. The summed E-state index contributed by atoms with van der Waals surface area (Å²) in [5.41, 5.74) is 3.35. The lowest BCUT2D eigenvalue weighted by molar-refractivity contribution is -0.131. The Kier molecular flexibility index (Phi) is 5.18. The molecule has 1 unspecified atom stereocenters. The van der Waals surface area contributed by atoms with Gasteiger partial charge in [-0.2, -0.15) is 0 Å². The minimum absolute atomic E-state index is 0.132. The van der Waals surface area contributed by atoms with Gasteiger partial charge >= 0.3 is 0 Å². The van der Waals surface area contributed by atoms with Gasteiger partial charge in [0.1, 0.15) is 5.52 Å². The van der Waals surface area contributed by atoms with Crippen LogP contribution in [0.15, 0.2) is 52.9 Å². The van der Waals surface area contributed by atoms with Gasteiger partial charge in [-0.3, -0.25) is 9.69 Å². The molecule has 0 spiro atoms. The number of fused-ring (bicyclic) bond motifs is 1. The summed E-state index contributed by atoms with van der Waals surface area (Å²) in [4.78, 5) is 22.0. The summed E-state index contributed by atoms with van der Waals surface area (Å²) < 4.78 is 5.93. The minimum Gasteiger partial charge on any atom is -0.436 e. The summed E-state index contributed by atoms with van der Waals surface area (Å²) in [5, 5.41) is 0. The van der Waals surface area contributed by atoms with E-state index in [1.54, 1.807) is 0 Å². The monoisotopic (exact) mass is 377 g/mol. The molecule has 5 nitrogen and oxygen atoms in total. The van der Waals surface area contributed by atoms with Crippen molar-refractivity contribution >= 4 is 17.0 Å². The third-order valence-electron chi connectivity index (χ3n) is 5.73. The van der Waals surface area contributed by atoms with Crippen LogP contribution < -0.4 is 0 Å². The first-order valence-electron chi connectivity index (χ1n) is 9.96. The number of likely N-dealkylation sites (N-methyl/N-ethyl adjacent to an activating group) is 1. The summed E-state index contributed by atoms with van der Waals surface area (Å²) in [7, 11) is 1.93. The predicted molar refractivity (Wildman–Crippen MR) is 111 cm³/mol. The van der Waals surface area contributed by atoms with Gasteiger partial charge in [-0.1, -0.05) is 30.3 Å². The van der Waals surface area contributed by atoms with Crippen molar-refractivity contribution < 1.29 is 9.21 Å². The Balaban J connectivity index is 1.53. The molecule has 1 aromatic heterocycles. The zero-order valence-corrected chi connectivity index (χ0v) is 16.8. The third-order valence-corrected chi connectivity index (χ3v) is 5.73. The van der Waals surface area contributed by atoms with Crippen LogP contribution in [0.2, 0.25) is 0 Å². The molecule has 28 heavy (non-hydrogen) atoms. The molecule has 1 saturated heterocycles. The lowest BCUT2D eigenvalue weighted by Gasteiger charge is -2.26. The van der Waals surface area contributed by atoms with Crippen LogP contribution in [0.3, 0.4) is 0 Å². The number of carbonyl (C=O) groups excluding carboxylic acids is 1. The first-order valence-corrected chi connectivity index (χ1v) is 9.96. The molecule has 1 fully saturated rings. The fourth-order valence-corrected chi connectivity index (χ4v) is 3.90. The van der Waals surface area contributed by atoms with Gasteiger partial charge in [-0.25, -0.2) is 4.98 Å². The van der Waals surface area contributed by atoms with Gasteiger partial charge in [0.05, 0.1) is 6.42 Å². The Bertz CT molecular complexity index is 964. The lowest BCUT2D eigenvalue weighted by Crippen LogP contribution is -2.40. The lowest BCUT2D eigenvalue weighted by atomic mass is 10.1. The zero-order chi connectivity index (χ0) is 19.7. The molecule has 1 amide bonds. The van der Waals surface area contributed by atoms with Gasteiger partial charge in [0.25, 0.3) is 0 Å². The molecular weight excluding hydrogens is 350 g/mol. The summed E-state index contributed by atoms with van der Waals surface area (Å²) in [6.07, 6.45) is 1.37. The predicted octanol–water partition coefficient (Wildman–Crippen LogP) is 3.98. The van der Waals surface area contributed by atoms with Gasteiger partial charge < -0.3 is 9.32 Å². The molecule has 1 aliphatic rings. The molecule has 2 heterocycles. The van der Waals surface area contributed by atoms with E-state index in [0.717, 1.165) is 41.7 Å². The molecule has 4 rings (SSSR count). The summed E-state index contributed by atoms with van der Waals surface area (Å²) >= 11 is 0. The molecule has 1 atom stereocenters. The van der Waals surface area contributed by atoms with Crippen LogP contribution >= 0.6 is 0 Å². The second-order valence-corrected chi connectivity index (χ2v) is 7.86. The molecule has 0 aliphatic carbocycles. The highest BCUT2D eigenvalue weighted by Crippen LogP contribution is 2.27. The van der Waals surface area contributed by atoms with E-state index in [2.05, 4.69) is 23.7 Å². The van der Waals surface area contributed by atoms with Crippen molar-refractivity contribution in [2.75, 3.05) is 20.1 Å². The van der Waals surface area contributed by atoms with Crippen LogP contribution in [-0.4, -0.2) is 52.9 Å². The normalized spacial score (nSPS) is 17.5. The quantitative estimate of drug-likeness (QED) is 0.675. The Morgan fingerprint density at radius 2 is 2.00 bits per heavy atom. The summed E-state index contributed by atoms with van der Waals surface area (Å²) in [5.74, 6) is 0.722. The fraction of sp³-hybridized carbons (Fsp3) is 0.391. The van der Waals surface area contributed by atoms with Crippen molar-refractivity contribution in [1.29, 1.82) is 0 Å². The molecule has 3 aromatic rings. The van der Waals surface area contributed by atoms with Crippen molar-refractivity contribution in [1.82, 2.24) is 14.8 Å². The summed E-state index contributed by atoms with van der Waals surface area (Å²) in [6, 6.07) is 16.5. The highest BCUT2D eigenvalue weighted by molar-refractivity contribution is 5.86. The van der Waals surface area contributed by atoms with Crippen LogP contribution in [0.4, 0.5) is 0 Å². The second kappa shape index (κ2) is 7.76. The van der Waals surface area contributed by atoms with E-state index in [0.29, 0.717) is 18.4 Å². The zero-order valence-electron chi connectivity index (χ0n) is 16.8. The largest absolute Gasteiger partial charge is 0.436 e. The first-order chi connectivity index (χ1) is 13.5. The van der Waals surface area contributed by atoms with Crippen LogP contribution in [0.5, 0.6) is 0 Å². The van der Waals surface area contributed by atoms with E-state index in [9.17, 15) is 4.79 Å². The van der Waals surface area contributed by atoms with Crippen molar-refractivity contribution in [2.24, 2.45) is 0 Å². The first kappa shape index (κ1) is 18.7. The van der Waals surface area contributed by atoms with Crippen LogP contribution in [0, 0.1) is 0 Å². The number of amides is 1. The average molecular weight is 377 g/mol. The van der Waals surface area contributed by atoms with E-state index in [1.807, 2.05) is 60.5 Å². The second-order valence-electron chi connectivity index (χ2n) is 7.86. The average Bonchev–Trinajstić information content (AvgIpc) is 3.36. The summed E-state index contributed by atoms with van der Waals surface area (Å²) in [6.45, 7) is 6.42. The molecule has 0 bridgehead atoms. The van der Waals surface area contributed by atoms with E-state index < -0.39 is 0 Å². The number of likely N-dealkylation sites (tertiary alicyclic amines) is 1. The van der Waals surface area contributed by atoms with Crippen LogP contribution in [0.25, 0.3) is 22.6 Å². The molecule has 146 valence electrons. The van der Waals surface area contributed by atoms with Gasteiger partial charge in [0.15, 0.2) is 5.58 Å². The van der Waals surface area contributed by atoms with Gasteiger partial charge in [0, 0.05) is 37.8 Å². The van der Waals surface area contributed by atoms with Gasteiger partial charge in [-0.05, 0) is 44.0 Å². The smallest absolute Gasteiger partial charge is 0.227 e. The molecule has 2 aromatic carbocycles. The maximum absolute atomic E-state index is 12.9. The molecule has 0 N–H and O–H groups in total. The molecule has 1 aliphatic heterocycles. The number of benzene rings is 2. The van der Waals surface area contributed by atoms with E-state index >= 15 is 0 Å². The Labute approximate surface area is 166 Å². The Morgan fingerprint density at radius 1 is 1.21 bits per heavy atom. The molecule has 0 radical (unpaired) electrons. The Morgan fingerprint density at radius 3 is 2.71 bits per heavy atom. The topological polar surface area (TPSA) is 49.6 Å². The maximum Gasteiger partial charge on any atom is 0.227 e. The molecule has 5 heteroatoms. The van der Waals surface area contributed by atoms with E-state index in [4.69, 9.17) is 4.42 Å². The van der Waals surface area contributed by atoms with Gasteiger partial charge in [0.2, 0.25) is 11.8 Å².